The molecule has 0 unspecified atom stereocenters. The lowest BCUT2D eigenvalue weighted by molar-refractivity contribution is 0.147. The third kappa shape index (κ3) is 1.68. The molecule has 1 N–H and O–H groups in total. The highest BCUT2D eigenvalue weighted by molar-refractivity contribution is 5.79. The van der Waals surface area contributed by atoms with Crippen molar-refractivity contribution in [3.05, 3.63) is 40.2 Å². The Labute approximate surface area is 82.6 Å². The summed E-state index contributed by atoms with van der Waals surface area (Å²) in [5.74, 6) is -0.577. The van der Waals surface area contributed by atoms with Gasteiger partial charge in [0.15, 0.2) is 0 Å². The molecule has 0 saturated heterocycles. The number of rotatable bonds is 1. The van der Waals surface area contributed by atoms with E-state index in [9.17, 15) is 18.7 Å². The third-order valence-electron chi connectivity index (χ3n) is 2.00. The maximum absolute atomic E-state index is 12.4. The van der Waals surface area contributed by atoms with Crippen LogP contribution in [-0.2, 0) is 0 Å². The predicted molar refractivity (Wildman–Crippen MR) is 49.1 cm³/mol. The molecule has 5 heteroatoms. The lowest BCUT2D eigenvalue weighted by atomic mass is 10.1. The zero-order chi connectivity index (χ0) is 11.0. The summed E-state index contributed by atoms with van der Waals surface area (Å²) in [7, 11) is 0. The molecule has 0 amide bonds. The van der Waals surface area contributed by atoms with Gasteiger partial charge in [0.2, 0.25) is 0 Å². The Kier molecular flexibility index (Phi) is 2.15. The fourth-order valence-electron chi connectivity index (χ4n) is 1.30. The SMILES string of the molecule is O=c1ccc2cc(C(F)F)c(O)cc2o1. The molecule has 15 heavy (non-hydrogen) atoms. The van der Waals surface area contributed by atoms with Crippen molar-refractivity contribution >= 4 is 11.0 Å². The molecule has 0 fully saturated rings. The van der Waals surface area contributed by atoms with Crippen LogP contribution in [0.15, 0.2) is 33.5 Å². The summed E-state index contributed by atoms with van der Waals surface area (Å²) in [4.78, 5) is 10.8. The zero-order valence-electron chi connectivity index (χ0n) is 7.41. The fourth-order valence-corrected chi connectivity index (χ4v) is 1.30. The van der Waals surface area contributed by atoms with Crippen LogP contribution >= 0.6 is 0 Å². The van der Waals surface area contributed by atoms with E-state index in [4.69, 9.17) is 4.42 Å². The van der Waals surface area contributed by atoms with Crippen LogP contribution in [0.1, 0.15) is 12.0 Å². The minimum absolute atomic E-state index is 0.0874. The number of hydrogen-bond donors (Lipinski definition) is 1. The summed E-state index contributed by atoms with van der Waals surface area (Å²) >= 11 is 0. The van der Waals surface area contributed by atoms with Crippen LogP contribution in [0, 0.1) is 0 Å². The van der Waals surface area contributed by atoms with E-state index in [1.54, 1.807) is 0 Å². The number of benzene rings is 1. The highest BCUT2D eigenvalue weighted by Gasteiger charge is 2.14. The number of alkyl halides is 2. The molecule has 0 bridgehead atoms. The molecule has 3 nitrogen and oxygen atoms in total. The van der Waals surface area contributed by atoms with Gasteiger partial charge in [-0.3, -0.25) is 0 Å². The first-order valence-corrected chi connectivity index (χ1v) is 4.13. The molecule has 2 rings (SSSR count). The summed E-state index contributed by atoms with van der Waals surface area (Å²) in [6.45, 7) is 0. The number of hydrogen-bond acceptors (Lipinski definition) is 3. The van der Waals surface area contributed by atoms with Crippen molar-refractivity contribution in [2.45, 2.75) is 6.43 Å². The highest BCUT2D eigenvalue weighted by atomic mass is 19.3. The molecule has 0 spiro atoms. The van der Waals surface area contributed by atoms with Crippen molar-refractivity contribution in [2.75, 3.05) is 0 Å². The van der Waals surface area contributed by atoms with Gasteiger partial charge in [-0.1, -0.05) is 0 Å². The Hall–Kier alpha value is -1.91. The van der Waals surface area contributed by atoms with Crippen molar-refractivity contribution in [3.8, 4) is 5.75 Å². The number of fused-ring (bicyclic) bond motifs is 1. The van der Waals surface area contributed by atoms with Crippen molar-refractivity contribution in [2.24, 2.45) is 0 Å². The maximum atomic E-state index is 12.4. The molecular weight excluding hydrogens is 206 g/mol. The Morgan fingerprint density at radius 3 is 2.67 bits per heavy atom. The molecule has 0 aliphatic rings. The normalized spacial score (nSPS) is 11.1. The van der Waals surface area contributed by atoms with Crippen LogP contribution < -0.4 is 5.63 Å². The van der Waals surface area contributed by atoms with Crippen molar-refractivity contribution < 1.29 is 18.3 Å². The number of halogens is 2. The molecule has 2 aromatic rings. The summed E-state index contributed by atoms with van der Waals surface area (Å²) in [5.41, 5.74) is -0.979. The second kappa shape index (κ2) is 3.34. The lowest BCUT2D eigenvalue weighted by Crippen LogP contribution is -1.95. The van der Waals surface area contributed by atoms with E-state index in [-0.39, 0.29) is 5.58 Å². The van der Waals surface area contributed by atoms with E-state index < -0.39 is 23.4 Å². The van der Waals surface area contributed by atoms with Gasteiger partial charge in [0, 0.05) is 17.5 Å². The Bertz CT molecular complexity index is 560. The quantitative estimate of drug-likeness (QED) is 0.738. The molecule has 78 valence electrons. The molecular formula is C10H6F2O3. The van der Waals surface area contributed by atoms with E-state index >= 15 is 0 Å². The number of phenolic OH excluding ortho intramolecular Hbond substituents is 1. The Balaban J connectivity index is 2.76. The Morgan fingerprint density at radius 2 is 2.00 bits per heavy atom. The summed E-state index contributed by atoms with van der Waals surface area (Å²) in [6.07, 6.45) is -2.76. The lowest BCUT2D eigenvalue weighted by Gasteiger charge is -2.04. The molecule has 0 atom stereocenters. The smallest absolute Gasteiger partial charge is 0.336 e. The largest absolute Gasteiger partial charge is 0.507 e. The van der Waals surface area contributed by atoms with E-state index in [0.717, 1.165) is 18.2 Å². The minimum Gasteiger partial charge on any atom is -0.507 e. The first kappa shape index (κ1) is 9.64. The summed E-state index contributed by atoms with van der Waals surface area (Å²) in [5, 5.41) is 9.58. The Morgan fingerprint density at radius 1 is 1.27 bits per heavy atom. The predicted octanol–water partition coefficient (Wildman–Crippen LogP) is 2.44. The molecule has 0 saturated carbocycles. The molecule has 0 aliphatic heterocycles. The second-order valence-corrected chi connectivity index (χ2v) is 3.00. The molecule has 1 aromatic heterocycles. The van der Waals surface area contributed by atoms with Gasteiger partial charge in [-0.05, 0) is 12.1 Å². The van der Waals surface area contributed by atoms with E-state index in [1.807, 2.05) is 0 Å². The van der Waals surface area contributed by atoms with E-state index in [1.165, 1.54) is 6.07 Å². The van der Waals surface area contributed by atoms with Crippen LogP contribution in [0.25, 0.3) is 11.0 Å². The van der Waals surface area contributed by atoms with Gasteiger partial charge >= 0.3 is 5.63 Å². The molecule has 1 heterocycles. The third-order valence-corrected chi connectivity index (χ3v) is 2.00. The zero-order valence-corrected chi connectivity index (χ0v) is 7.41. The average Bonchev–Trinajstić information content (AvgIpc) is 2.15. The number of phenols is 1. The maximum Gasteiger partial charge on any atom is 0.336 e. The fraction of sp³-hybridized carbons (Fsp3) is 0.100. The van der Waals surface area contributed by atoms with Gasteiger partial charge in [0.25, 0.3) is 6.43 Å². The van der Waals surface area contributed by atoms with Gasteiger partial charge in [-0.25, -0.2) is 13.6 Å². The van der Waals surface area contributed by atoms with Crippen molar-refractivity contribution in [1.82, 2.24) is 0 Å². The van der Waals surface area contributed by atoms with Crippen LogP contribution in [-0.4, -0.2) is 5.11 Å². The molecule has 0 aliphatic carbocycles. The number of aromatic hydroxyl groups is 1. The van der Waals surface area contributed by atoms with E-state index in [2.05, 4.69) is 0 Å². The molecule has 0 radical (unpaired) electrons. The van der Waals surface area contributed by atoms with Crippen molar-refractivity contribution in [3.63, 3.8) is 0 Å². The van der Waals surface area contributed by atoms with Crippen LogP contribution in [0.4, 0.5) is 8.78 Å². The van der Waals surface area contributed by atoms with Gasteiger partial charge in [0.1, 0.15) is 11.3 Å². The van der Waals surface area contributed by atoms with Crippen LogP contribution in [0.5, 0.6) is 5.75 Å². The van der Waals surface area contributed by atoms with Gasteiger partial charge in [-0.2, -0.15) is 0 Å². The monoisotopic (exact) mass is 212 g/mol. The summed E-state index contributed by atoms with van der Waals surface area (Å²) < 4.78 is 29.5. The summed E-state index contributed by atoms with van der Waals surface area (Å²) in [6, 6.07) is 4.61. The highest BCUT2D eigenvalue weighted by Crippen LogP contribution is 2.31. The first-order valence-electron chi connectivity index (χ1n) is 4.13. The van der Waals surface area contributed by atoms with Gasteiger partial charge < -0.3 is 9.52 Å². The standard InChI is InChI=1S/C10H6F2O3/c11-10(12)6-3-5-1-2-9(14)15-8(5)4-7(6)13/h1-4,10,13H. The average molecular weight is 212 g/mol. The topological polar surface area (TPSA) is 50.4 Å². The second-order valence-electron chi connectivity index (χ2n) is 3.00. The van der Waals surface area contributed by atoms with Gasteiger partial charge in [-0.15, -0.1) is 0 Å². The molecule has 1 aromatic carbocycles. The van der Waals surface area contributed by atoms with Crippen molar-refractivity contribution in [1.29, 1.82) is 0 Å². The van der Waals surface area contributed by atoms with Gasteiger partial charge in [0.05, 0.1) is 5.56 Å². The minimum atomic E-state index is -2.76. The van der Waals surface area contributed by atoms with E-state index in [0.29, 0.717) is 5.39 Å². The van der Waals surface area contributed by atoms with Crippen LogP contribution in [0.2, 0.25) is 0 Å². The first-order chi connectivity index (χ1) is 7.08. The van der Waals surface area contributed by atoms with Crippen LogP contribution in [0.3, 0.4) is 0 Å².